The fraction of sp³-hybridized carbons (Fsp3) is 0.857. The van der Waals surface area contributed by atoms with Gasteiger partial charge in [0, 0.05) is 28.3 Å². The molecule has 1 saturated heterocycles. The van der Waals surface area contributed by atoms with Crippen molar-refractivity contribution in [1.82, 2.24) is 5.32 Å². The maximum Gasteiger partial charge on any atom is 0.407 e. The second-order valence-corrected chi connectivity index (χ2v) is 4.45. The summed E-state index contributed by atoms with van der Waals surface area (Å²) in [6, 6.07) is 0.148. The normalized spacial score (nSPS) is 29.4. The Morgan fingerprint density at radius 1 is 1.50 bits per heavy atom. The summed E-state index contributed by atoms with van der Waals surface area (Å²) in [5.41, 5.74) is 0. The van der Waals surface area contributed by atoms with Gasteiger partial charge in [-0.25, -0.2) is 4.79 Å². The monoisotopic (exact) mass is 191 g/mol. The van der Waals surface area contributed by atoms with E-state index in [9.17, 15) is 9.00 Å². The highest BCUT2D eigenvalue weighted by molar-refractivity contribution is 7.85. The molecule has 1 aliphatic heterocycles. The van der Waals surface area contributed by atoms with Crippen LogP contribution in [0.4, 0.5) is 4.79 Å². The number of carbonyl (C=O) groups is 1. The molecule has 0 saturated carbocycles. The molecular weight excluding hydrogens is 178 g/mol. The minimum absolute atomic E-state index is 0.148. The zero-order chi connectivity index (χ0) is 8.97. The molecule has 0 aromatic heterocycles. The molecule has 0 aromatic carbocycles. The second kappa shape index (κ2) is 4.45. The SMILES string of the molecule is COC(=O)NC1CCS(=O)CC1. The Morgan fingerprint density at radius 2 is 2.08 bits per heavy atom. The van der Waals surface area contributed by atoms with Gasteiger partial charge in [-0.2, -0.15) is 0 Å². The van der Waals surface area contributed by atoms with Crippen molar-refractivity contribution in [3.63, 3.8) is 0 Å². The zero-order valence-corrected chi connectivity index (χ0v) is 7.86. The Labute approximate surface area is 74.1 Å². The largest absolute Gasteiger partial charge is 0.453 e. The van der Waals surface area contributed by atoms with E-state index in [0.717, 1.165) is 12.8 Å². The van der Waals surface area contributed by atoms with Crippen molar-refractivity contribution in [2.45, 2.75) is 18.9 Å². The van der Waals surface area contributed by atoms with Gasteiger partial charge >= 0.3 is 6.09 Å². The number of amides is 1. The average Bonchev–Trinajstić information content (AvgIpc) is 2.09. The van der Waals surface area contributed by atoms with Gasteiger partial charge in [-0.15, -0.1) is 0 Å². The third kappa shape index (κ3) is 2.81. The molecule has 1 amide bonds. The molecule has 1 fully saturated rings. The molecule has 1 heterocycles. The molecular formula is C7H13NO3S. The highest BCUT2D eigenvalue weighted by Gasteiger charge is 2.19. The van der Waals surface area contributed by atoms with Gasteiger partial charge in [0.1, 0.15) is 0 Å². The predicted molar refractivity (Wildman–Crippen MR) is 46.4 cm³/mol. The van der Waals surface area contributed by atoms with Crippen molar-refractivity contribution in [3.8, 4) is 0 Å². The van der Waals surface area contributed by atoms with E-state index in [2.05, 4.69) is 10.1 Å². The molecule has 12 heavy (non-hydrogen) atoms. The van der Waals surface area contributed by atoms with Crippen LogP contribution in [0.3, 0.4) is 0 Å². The average molecular weight is 191 g/mol. The quantitative estimate of drug-likeness (QED) is 0.646. The van der Waals surface area contributed by atoms with Crippen molar-refractivity contribution in [3.05, 3.63) is 0 Å². The number of rotatable bonds is 1. The van der Waals surface area contributed by atoms with E-state index in [1.165, 1.54) is 7.11 Å². The first-order valence-electron chi connectivity index (χ1n) is 3.92. The molecule has 0 bridgehead atoms. The lowest BCUT2D eigenvalue weighted by Gasteiger charge is -2.21. The van der Waals surface area contributed by atoms with Crippen LogP contribution in [0.25, 0.3) is 0 Å². The molecule has 5 heteroatoms. The van der Waals surface area contributed by atoms with E-state index < -0.39 is 16.9 Å². The Kier molecular flexibility index (Phi) is 3.52. The Morgan fingerprint density at radius 3 is 2.58 bits per heavy atom. The predicted octanol–water partition coefficient (Wildman–Crippen LogP) is 0.253. The maximum atomic E-state index is 10.9. The number of carbonyl (C=O) groups excluding carboxylic acids is 1. The van der Waals surface area contributed by atoms with Gasteiger partial charge in [0.05, 0.1) is 7.11 Å². The van der Waals surface area contributed by atoms with Crippen molar-refractivity contribution in [1.29, 1.82) is 0 Å². The third-order valence-corrected chi connectivity index (χ3v) is 3.28. The lowest BCUT2D eigenvalue weighted by atomic mass is 10.2. The van der Waals surface area contributed by atoms with E-state index in [1.54, 1.807) is 0 Å². The van der Waals surface area contributed by atoms with E-state index in [4.69, 9.17) is 0 Å². The smallest absolute Gasteiger partial charge is 0.407 e. The van der Waals surface area contributed by atoms with E-state index in [-0.39, 0.29) is 6.04 Å². The van der Waals surface area contributed by atoms with Crippen LogP contribution in [0.5, 0.6) is 0 Å². The Balaban J connectivity index is 2.26. The Bertz CT molecular complexity index is 185. The van der Waals surface area contributed by atoms with Crippen molar-refractivity contribution < 1.29 is 13.7 Å². The van der Waals surface area contributed by atoms with E-state index >= 15 is 0 Å². The zero-order valence-electron chi connectivity index (χ0n) is 7.04. The minimum atomic E-state index is -0.670. The number of hydrogen-bond acceptors (Lipinski definition) is 3. The molecule has 1 rings (SSSR count). The summed E-state index contributed by atoms with van der Waals surface area (Å²) in [5.74, 6) is 1.38. The lowest BCUT2D eigenvalue weighted by Crippen LogP contribution is -2.39. The van der Waals surface area contributed by atoms with Crippen molar-refractivity contribution in [2.75, 3.05) is 18.6 Å². The van der Waals surface area contributed by atoms with Crippen LogP contribution in [0.2, 0.25) is 0 Å². The molecule has 0 aromatic rings. The molecule has 0 atom stereocenters. The third-order valence-electron chi connectivity index (χ3n) is 1.90. The maximum absolute atomic E-state index is 10.9. The van der Waals surface area contributed by atoms with Crippen LogP contribution in [0.15, 0.2) is 0 Å². The van der Waals surface area contributed by atoms with Gasteiger partial charge in [0.25, 0.3) is 0 Å². The van der Waals surface area contributed by atoms with Gasteiger partial charge in [-0.3, -0.25) is 4.21 Å². The summed E-state index contributed by atoms with van der Waals surface area (Å²) in [4.78, 5) is 10.8. The number of alkyl carbamates (subject to hydrolysis) is 1. The van der Waals surface area contributed by atoms with Gasteiger partial charge in [0.15, 0.2) is 0 Å². The topological polar surface area (TPSA) is 55.4 Å². The standard InChI is InChI=1S/C7H13NO3S/c1-11-7(9)8-6-2-4-12(10)5-3-6/h6H,2-5H2,1H3,(H,8,9). The molecule has 4 nitrogen and oxygen atoms in total. The fourth-order valence-electron chi connectivity index (χ4n) is 1.16. The molecule has 1 aliphatic rings. The molecule has 0 unspecified atom stereocenters. The van der Waals surface area contributed by atoms with Crippen LogP contribution in [0, 0.1) is 0 Å². The van der Waals surface area contributed by atoms with Crippen LogP contribution in [0.1, 0.15) is 12.8 Å². The van der Waals surface area contributed by atoms with Gasteiger partial charge in [0.2, 0.25) is 0 Å². The van der Waals surface area contributed by atoms with Crippen molar-refractivity contribution in [2.24, 2.45) is 0 Å². The van der Waals surface area contributed by atoms with E-state index in [0.29, 0.717) is 11.5 Å². The number of ether oxygens (including phenoxy) is 1. The van der Waals surface area contributed by atoms with Crippen LogP contribution in [-0.4, -0.2) is 35.0 Å². The first-order valence-corrected chi connectivity index (χ1v) is 5.40. The summed E-state index contributed by atoms with van der Waals surface area (Å²) in [5, 5.41) is 2.69. The molecule has 0 radical (unpaired) electrons. The molecule has 1 N–H and O–H groups in total. The first-order chi connectivity index (χ1) is 5.72. The molecule has 70 valence electrons. The summed E-state index contributed by atoms with van der Waals surface area (Å²) < 4.78 is 15.4. The van der Waals surface area contributed by atoms with Crippen LogP contribution in [-0.2, 0) is 15.5 Å². The number of hydrogen-bond donors (Lipinski definition) is 1. The Hall–Kier alpha value is -0.580. The highest BCUT2D eigenvalue weighted by Crippen LogP contribution is 2.08. The lowest BCUT2D eigenvalue weighted by molar-refractivity contribution is 0.165. The van der Waals surface area contributed by atoms with Crippen LogP contribution >= 0.6 is 0 Å². The molecule has 0 spiro atoms. The first kappa shape index (κ1) is 9.51. The van der Waals surface area contributed by atoms with Gasteiger partial charge < -0.3 is 10.1 Å². The summed E-state index contributed by atoms with van der Waals surface area (Å²) in [7, 11) is 0.674. The van der Waals surface area contributed by atoms with Crippen molar-refractivity contribution >= 4 is 16.9 Å². The minimum Gasteiger partial charge on any atom is -0.453 e. The van der Waals surface area contributed by atoms with Gasteiger partial charge in [-0.05, 0) is 12.8 Å². The fourth-order valence-corrected chi connectivity index (χ4v) is 2.46. The number of nitrogens with one attached hydrogen (secondary N) is 1. The summed E-state index contributed by atoms with van der Waals surface area (Å²) >= 11 is 0. The summed E-state index contributed by atoms with van der Waals surface area (Å²) in [6.07, 6.45) is 1.19. The highest BCUT2D eigenvalue weighted by atomic mass is 32.2. The summed E-state index contributed by atoms with van der Waals surface area (Å²) in [6.45, 7) is 0. The molecule has 0 aliphatic carbocycles. The van der Waals surface area contributed by atoms with Gasteiger partial charge in [-0.1, -0.05) is 0 Å². The second-order valence-electron chi connectivity index (χ2n) is 2.76. The van der Waals surface area contributed by atoms with Crippen LogP contribution < -0.4 is 5.32 Å². The number of methoxy groups -OCH3 is 1. The van der Waals surface area contributed by atoms with E-state index in [1.807, 2.05) is 0 Å².